The molecular weight excluding hydrogens is 725 g/mol. The van der Waals surface area contributed by atoms with Crippen LogP contribution in [0.2, 0.25) is 0 Å². The van der Waals surface area contributed by atoms with Gasteiger partial charge in [-0.15, -0.1) is 0 Å². The lowest BCUT2D eigenvalue weighted by atomic mass is 9.81. The molecule has 59 heavy (non-hydrogen) atoms. The van der Waals surface area contributed by atoms with Gasteiger partial charge in [-0.05, 0) is 97.4 Å². The van der Waals surface area contributed by atoms with Crippen molar-refractivity contribution >= 4 is 39.3 Å². The molecule has 316 valence electrons. The van der Waals surface area contributed by atoms with Gasteiger partial charge in [0.15, 0.2) is 0 Å². The SMILES string of the molecule is CCCCCCCCCCNC(=O)NCc1cccc(-c2c3ccccc3c(-c3cccc(NC(=O)NCCCCCCCCCC)c3)c3ccc(C(C)(C)C)cc23)c1. The molecule has 0 aromatic heterocycles. The minimum atomic E-state index is -0.166. The van der Waals surface area contributed by atoms with Gasteiger partial charge in [0.2, 0.25) is 0 Å². The van der Waals surface area contributed by atoms with Gasteiger partial charge in [-0.1, -0.05) is 191 Å². The number of hydrogen-bond donors (Lipinski definition) is 4. The number of nitrogens with one attached hydrogen (secondary N) is 4. The molecule has 0 unspecified atom stereocenters. The molecular formula is C53H72N4O2. The first-order valence-corrected chi connectivity index (χ1v) is 22.9. The Balaban J connectivity index is 1.34. The quantitative estimate of drug-likeness (QED) is 0.0392. The standard InChI is InChI=1S/C53H72N4O2/c1-6-8-10-12-14-16-18-22-34-54-51(58)56-39-40-26-24-27-41(36-40)50-46-31-21-20-30-45(46)49(47-33-32-43(38-48(47)50)53(3,4)5)42-28-25-29-44(37-42)57-52(59)55-35-23-19-17-15-13-11-9-7-2/h20-21,24-33,36-38H,6-19,22-23,34-35,39H2,1-5H3,(H2,54,56,58)(H2,55,57,59). The van der Waals surface area contributed by atoms with Crippen LogP contribution in [0, 0.1) is 0 Å². The third-order valence-corrected chi connectivity index (χ3v) is 11.6. The summed E-state index contributed by atoms with van der Waals surface area (Å²) >= 11 is 0. The number of rotatable bonds is 23. The molecule has 0 aliphatic carbocycles. The first-order valence-electron chi connectivity index (χ1n) is 22.9. The molecule has 5 aromatic rings. The number of urea groups is 2. The fourth-order valence-corrected chi connectivity index (χ4v) is 8.20. The van der Waals surface area contributed by atoms with Crippen molar-refractivity contribution in [1.82, 2.24) is 16.0 Å². The van der Waals surface area contributed by atoms with Crippen LogP contribution < -0.4 is 21.3 Å². The van der Waals surface area contributed by atoms with E-state index in [0.717, 1.165) is 69.8 Å². The zero-order valence-corrected chi connectivity index (χ0v) is 36.9. The summed E-state index contributed by atoms with van der Waals surface area (Å²) in [6.45, 7) is 13.1. The van der Waals surface area contributed by atoms with Crippen molar-refractivity contribution in [3.63, 3.8) is 0 Å². The van der Waals surface area contributed by atoms with Crippen LogP contribution in [0.25, 0.3) is 43.8 Å². The van der Waals surface area contributed by atoms with Gasteiger partial charge in [-0.2, -0.15) is 0 Å². The zero-order chi connectivity index (χ0) is 41.9. The first-order chi connectivity index (χ1) is 28.7. The molecule has 0 aliphatic rings. The summed E-state index contributed by atoms with van der Waals surface area (Å²) in [7, 11) is 0. The maximum Gasteiger partial charge on any atom is 0.319 e. The molecule has 6 nitrogen and oxygen atoms in total. The lowest BCUT2D eigenvalue weighted by Crippen LogP contribution is -2.35. The highest BCUT2D eigenvalue weighted by Gasteiger charge is 2.21. The van der Waals surface area contributed by atoms with Crippen molar-refractivity contribution in [3.8, 4) is 22.3 Å². The Kier molecular flexibility index (Phi) is 18.2. The summed E-state index contributed by atoms with van der Waals surface area (Å²) in [5.41, 5.74) is 7.54. The zero-order valence-electron chi connectivity index (χ0n) is 36.9. The fourth-order valence-electron chi connectivity index (χ4n) is 8.20. The van der Waals surface area contributed by atoms with Gasteiger partial charge in [-0.25, -0.2) is 9.59 Å². The Labute approximate surface area is 355 Å². The monoisotopic (exact) mass is 797 g/mol. The highest BCUT2D eigenvalue weighted by Crippen LogP contribution is 2.45. The van der Waals surface area contributed by atoms with Gasteiger partial charge < -0.3 is 21.3 Å². The predicted octanol–water partition coefficient (Wildman–Crippen LogP) is 14.8. The summed E-state index contributed by atoms with van der Waals surface area (Å²) in [6, 6.07) is 32.1. The van der Waals surface area contributed by atoms with Crippen molar-refractivity contribution in [1.29, 1.82) is 0 Å². The van der Waals surface area contributed by atoms with E-state index >= 15 is 0 Å². The number of hydrogen-bond acceptors (Lipinski definition) is 2. The van der Waals surface area contributed by atoms with E-state index in [2.05, 4.69) is 135 Å². The normalized spacial score (nSPS) is 11.5. The van der Waals surface area contributed by atoms with Crippen LogP contribution >= 0.6 is 0 Å². The molecule has 0 saturated heterocycles. The van der Waals surface area contributed by atoms with Gasteiger partial charge in [0, 0.05) is 25.3 Å². The average molecular weight is 797 g/mol. The van der Waals surface area contributed by atoms with Crippen molar-refractivity contribution < 1.29 is 9.59 Å². The van der Waals surface area contributed by atoms with E-state index in [-0.39, 0.29) is 17.5 Å². The van der Waals surface area contributed by atoms with E-state index in [9.17, 15) is 9.59 Å². The molecule has 0 aliphatic heterocycles. The molecule has 0 spiro atoms. The van der Waals surface area contributed by atoms with Gasteiger partial charge in [0.05, 0.1) is 0 Å². The van der Waals surface area contributed by atoms with E-state index in [0.29, 0.717) is 19.6 Å². The Morgan fingerprint density at radius 2 is 0.983 bits per heavy atom. The number of carbonyl (C=O) groups is 2. The molecule has 5 rings (SSSR count). The van der Waals surface area contributed by atoms with E-state index in [1.165, 1.54) is 93.6 Å². The molecule has 6 heteroatoms. The lowest BCUT2D eigenvalue weighted by Gasteiger charge is -2.23. The van der Waals surface area contributed by atoms with E-state index < -0.39 is 0 Å². The number of fused-ring (bicyclic) bond motifs is 2. The Bertz CT molecular complexity index is 2080. The third-order valence-electron chi connectivity index (χ3n) is 11.6. The van der Waals surface area contributed by atoms with Crippen molar-refractivity contribution in [2.24, 2.45) is 0 Å². The largest absolute Gasteiger partial charge is 0.338 e. The molecule has 0 heterocycles. The minimum absolute atomic E-state index is 0.0448. The highest BCUT2D eigenvalue weighted by molar-refractivity contribution is 6.21. The van der Waals surface area contributed by atoms with Crippen LogP contribution in [0.5, 0.6) is 0 Å². The van der Waals surface area contributed by atoms with Crippen LogP contribution in [0.1, 0.15) is 148 Å². The molecule has 4 N–H and O–H groups in total. The Hall–Kier alpha value is -4.84. The Morgan fingerprint density at radius 1 is 0.475 bits per heavy atom. The Morgan fingerprint density at radius 3 is 1.58 bits per heavy atom. The first kappa shape index (κ1) is 45.2. The maximum atomic E-state index is 13.0. The number of benzene rings is 5. The predicted molar refractivity (Wildman–Crippen MR) is 254 cm³/mol. The van der Waals surface area contributed by atoms with E-state index in [4.69, 9.17) is 0 Å². The van der Waals surface area contributed by atoms with Crippen LogP contribution in [-0.2, 0) is 12.0 Å². The van der Waals surface area contributed by atoms with Crippen LogP contribution in [0.3, 0.4) is 0 Å². The minimum Gasteiger partial charge on any atom is -0.338 e. The smallest absolute Gasteiger partial charge is 0.319 e. The van der Waals surface area contributed by atoms with Crippen molar-refractivity contribution in [2.45, 2.75) is 149 Å². The summed E-state index contributed by atoms with van der Waals surface area (Å²) < 4.78 is 0. The summed E-state index contributed by atoms with van der Waals surface area (Å²) in [5.74, 6) is 0. The van der Waals surface area contributed by atoms with E-state index in [1.54, 1.807) is 0 Å². The van der Waals surface area contributed by atoms with Crippen LogP contribution in [-0.4, -0.2) is 25.2 Å². The van der Waals surface area contributed by atoms with E-state index in [1.807, 2.05) is 12.1 Å². The average Bonchev–Trinajstić information content (AvgIpc) is 3.23. The van der Waals surface area contributed by atoms with Gasteiger partial charge in [-0.3, -0.25) is 0 Å². The van der Waals surface area contributed by atoms with Gasteiger partial charge >= 0.3 is 12.1 Å². The summed E-state index contributed by atoms with van der Waals surface area (Å²) in [5, 5.41) is 17.0. The second-order valence-corrected chi connectivity index (χ2v) is 17.5. The van der Waals surface area contributed by atoms with Crippen LogP contribution in [0.4, 0.5) is 15.3 Å². The number of unbranched alkanes of at least 4 members (excludes halogenated alkanes) is 14. The summed E-state index contributed by atoms with van der Waals surface area (Å²) in [4.78, 5) is 25.8. The number of carbonyl (C=O) groups excluding carboxylic acids is 2. The van der Waals surface area contributed by atoms with Crippen molar-refractivity contribution in [2.75, 3.05) is 18.4 Å². The highest BCUT2D eigenvalue weighted by atomic mass is 16.2. The number of amides is 4. The topological polar surface area (TPSA) is 82.3 Å². The lowest BCUT2D eigenvalue weighted by molar-refractivity contribution is 0.240. The molecule has 0 fully saturated rings. The third kappa shape index (κ3) is 13.9. The molecule has 0 saturated carbocycles. The second kappa shape index (κ2) is 23.7. The molecule has 0 radical (unpaired) electrons. The fraction of sp³-hybridized carbons (Fsp3) is 0.472. The van der Waals surface area contributed by atoms with Gasteiger partial charge in [0.1, 0.15) is 0 Å². The molecule has 4 amide bonds. The number of anilines is 1. The second-order valence-electron chi connectivity index (χ2n) is 17.5. The molecule has 0 atom stereocenters. The van der Waals surface area contributed by atoms with Crippen LogP contribution in [0.15, 0.2) is 91.0 Å². The molecule has 0 bridgehead atoms. The molecule has 5 aromatic carbocycles. The van der Waals surface area contributed by atoms with Crippen molar-refractivity contribution in [3.05, 3.63) is 102 Å². The summed E-state index contributed by atoms with van der Waals surface area (Å²) in [6.07, 6.45) is 19.9. The van der Waals surface area contributed by atoms with Gasteiger partial charge in [0.25, 0.3) is 0 Å². The maximum absolute atomic E-state index is 13.0.